The van der Waals surface area contributed by atoms with Gasteiger partial charge >= 0.3 is 0 Å². The number of anilines is 1. The van der Waals surface area contributed by atoms with Gasteiger partial charge in [-0.25, -0.2) is 0 Å². The van der Waals surface area contributed by atoms with Gasteiger partial charge in [-0.15, -0.1) is 0 Å². The number of amides is 1. The second-order valence-corrected chi connectivity index (χ2v) is 5.32. The molecule has 1 N–H and O–H groups in total. The van der Waals surface area contributed by atoms with Crippen molar-refractivity contribution in [2.75, 3.05) is 32.1 Å². The van der Waals surface area contributed by atoms with E-state index in [0.29, 0.717) is 29.7 Å². The van der Waals surface area contributed by atoms with E-state index in [1.165, 1.54) is 0 Å². The summed E-state index contributed by atoms with van der Waals surface area (Å²) in [5.41, 5.74) is 0.680. The van der Waals surface area contributed by atoms with Crippen LogP contribution in [0.25, 0.3) is 0 Å². The van der Waals surface area contributed by atoms with Crippen molar-refractivity contribution in [3.63, 3.8) is 0 Å². The van der Waals surface area contributed by atoms with Crippen LogP contribution in [0.1, 0.15) is 17.6 Å². The highest BCUT2D eigenvalue weighted by atomic mass is 16.5. The summed E-state index contributed by atoms with van der Waals surface area (Å²) < 4.78 is 10.4. The molecular formula is C15H18N4O3. The molecule has 0 bridgehead atoms. The predicted molar refractivity (Wildman–Crippen MR) is 79.8 cm³/mol. The van der Waals surface area contributed by atoms with Crippen LogP contribution in [-0.4, -0.2) is 47.7 Å². The van der Waals surface area contributed by atoms with Crippen LogP contribution in [0.3, 0.4) is 0 Å². The number of carbonyl (C=O) groups is 1. The number of hydrogen-bond acceptors (Lipinski definition) is 6. The zero-order valence-corrected chi connectivity index (χ0v) is 12.6. The first kappa shape index (κ1) is 14.5. The summed E-state index contributed by atoms with van der Waals surface area (Å²) in [5.74, 6) is 2.10. The average Bonchev–Trinajstić information content (AvgIpc) is 2.89. The smallest absolute Gasteiger partial charge is 0.238 e. The van der Waals surface area contributed by atoms with Crippen molar-refractivity contribution < 1.29 is 14.1 Å². The molecule has 7 nitrogen and oxygen atoms in total. The van der Waals surface area contributed by atoms with Gasteiger partial charge in [0.2, 0.25) is 11.8 Å². The summed E-state index contributed by atoms with van der Waals surface area (Å²) >= 11 is 0. The molecule has 3 rings (SSSR count). The van der Waals surface area contributed by atoms with Gasteiger partial charge in [-0.3, -0.25) is 9.69 Å². The second-order valence-electron chi connectivity index (χ2n) is 5.32. The summed E-state index contributed by atoms with van der Waals surface area (Å²) in [6.45, 7) is 3.63. The van der Waals surface area contributed by atoms with E-state index in [1.807, 2.05) is 29.2 Å². The van der Waals surface area contributed by atoms with Crippen molar-refractivity contribution in [2.24, 2.45) is 0 Å². The van der Waals surface area contributed by atoms with Crippen LogP contribution in [0, 0.1) is 6.92 Å². The van der Waals surface area contributed by atoms with Gasteiger partial charge in [0, 0.05) is 13.1 Å². The molecule has 1 amide bonds. The van der Waals surface area contributed by atoms with Gasteiger partial charge in [-0.1, -0.05) is 17.3 Å². The molecular weight excluding hydrogens is 284 g/mol. The number of methoxy groups -OCH3 is 1. The lowest BCUT2D eigenvalue weighted by Gasteiger charge is -2.36. The summed E-state index contributed by atoms with van der Waals surface area (Å²) in [7, 11) is 1.58. The molecule has 0 unspecified atom stereocenters. The third-order valence-electron chi connectivity index (χ3n) is 3.60. The predicted octanol–water partition coefficient (Wildman–Crippen LogP) is 1.42. The van der Waals surface area contributed by atoms with Gasteiger partial charge < -0.3 is 14.6 Å². The number of ether oxygens (including phenoxy) is 1. The second kappa shape index (κ2) is 6.15. The van der Waals surface area contributed by atoms with Crippen LogP contribution in [0.2, 0.25) is 0 Å². The SMILES string of the molecule is COc1ccccc1NC(=O)CN1CC(c2nc(C)no2)C1. The first-order valence-corrected chi connectivity index (χ1v) is 7.11. The Morgan fingerprint density at radius 2 is 2.23 bits per heavy atom. The maximum atomic E-state index is 12.1. The molecule has 0 spiro atoms. The van der Waals surface area contributed by atoms with Crippen LogP contribution in [0.15, 0.2) is 28.8 Å². The van der Waals surface area contributed by atoms with E-state index in [1.54, 1.807) is 14.0 Å². The third-order valence-corrected chi connectivity index (χ3v) is 3.60. The molecule has 1 aromatic heterocycles. The van der Waals surface area contributed by atoms with E-state index >= 15 is 0 Å². The molecule has 0 saturated carbocycles. The van der Waals surface area contributed by atoms with Crippen LogP contribution in [0.4, 0.5) is 5.69 Å². The van der Waals surface area contributed by atoms with E-state index < -0.39 is 0 Å². The van der Waals surface area contributed by atoms with Crippen LogP contribution < -0.4 is 10.1 Å². The molecule has 116 valence electrons. The van der Waals surface area contributed by atoms with E-state index in [9.17, 15) is 4.79 Å². The minimum Gasteiger partial charge on any atom is -0.495 e. The molecule has 1 aromatic carbocycles. The van der Waals surface area contributed by atoms with Gasteiger partial charge in [0.05, 0.1) is 25.3 Å². The highest BCUT2D eigenvalue weighted by Gasteiger charge is 2.33. The molecule has 0 aliphatic carbocycles. The summed E-state index contributed by atoms with van der Waals surface area (Å²) in [5, 5.41) is 6.64. The number of nitrogens with one attached hydrogen (secondary N) is 1. The number of para-hydroxylation sites is 2. The maximum absolute atomic E-state index is 12.1. The van der Waals surface area contributed by atoms with Crippen molar-refractivity contribution >= 4 is 11.6 Å². The minimum atomic E-state index is -0.0651. The Morgan fingerprint density at radius 3 is 2.91 bits per heavy atom. The molecule has 7 heteroatoms. The molecule has 1 fully saturated rings. The Kier molecular flexibility index (Phi) is 4.06. The van der Waals surface area contributed by atoms with Gasteiger partial charge in [-0.2, -0.15) is 4.98 Å². The fraction of sp³-hybridized carbons (Fsp3) is 0.400. The Hall–Kier alpha value is -2.41. The normalized spacial score (nSPS) is 15.4. The Morgan fingerprint density at radius 1 is 1.45 bits per heavy atom. The van der Waals surface area contributed by atoms with Crippen molar-refractivity contribution in [1.29, 1.82) is 0 Å². The Bertz CT molecular complexity index is 664. The minimum absolute atomic E-state index is 0.0651. The number of aromatic nitrogens is 2. The van der Waals surface area contributed by atoms with Gasteiger partial charge in [0.25, 0.3) is 0 Å². The van der Waals surface area contributed by atoms with Crippen molar-refractivity contribution in [2.45, 2.75) is 12.8 Å². The largest absolute Gasteiger partial charge is 0.495 e. The summed E-state index contributed by atoms with van der Waals surface area (Å²) in [4.78, 5) is 18.3. The quantitative estimate of drug-likeness (QED) is 0.900. The lowest BCUT2D eigenvalue weighted by atomic mass is 10.0. The maximum Gasteiger partial charge on any atom is 0.238 e. The summed E-state index contributed by atoms with van der Waals surface area (Å²) in [6, 6.07) is 7.35. The van der Waals surface area contributed by atoms with E-state index in [4.69, 9.17) is 9.26 Å². The highest BCUT2D eigenvalue weighted by molar-refractivity contribution is 5.93. The van der Waals surface area contributed by atoms with Gasteiger partial charge in [0.15, 0.2) is 5.82 Å². The molecule has 2 heterocycles. The molecule has 1 aliphatic rings. The van der Waals surface area contributed by atoms with Gasteiger partial charge in [0.1, 0.15) is 5.75 Å². The highest BCUT2D eigenvalue weighted by Crippen LogP contribution is 2.26. The van der Waals surface area contributed by atoms with Crippen LogP contribution >= 0.6 is 0 Å². The van der Waals surface area contributed by atoms with E-state index in [-0.39, 0.29) is 11.8 Å². The Balaban J connectivity index is 1.49. The first-order chi connectivity index (χ1) is 10.7. The standard InChI is InChI=1S/C15H18N4O3/c1-10-16-15(22-18-10)11-7-19(8-11)9-14(20)17-12-5-3-4-6-13(12)21-2/h3-6,11H,7-9H2,1-2H3,(H,17,20). The number of hydrogen-bond donors (Lipinski definition) is 1. The zero-order chi connectivity index (χ0) is 15.5. The molecule has 2 aromatic rings. The Labute approximate surface area is 128 Å². The molecule has 22 heavy (non-hydrogen) atoms. The summed E-state index contributed by atoms with van der Waals surface area (Å²) in [6.07, 6.45) is 0. The third kappa shape index (κ3) is 3.09. The van der Waals surface area contributed by atoms with Gasteiger partial charge in [-0.05, 0) is 19.1 Å². The molecule has 0 radical (unpaired) electrons. The first-order valence-electron chi connectivity index (χ1n) is 7.11. The molecule has 1 saturated heterocycles. The van der Waals surface area contributed by atoms with E-state index in [2.05, 4.69) is 15.5 Å². The zero-order valence-electron chi connectivity index (χ0n) is 12.6. The van der Waals surface area contributed by atoms with Crippen molar-refractivity contribution in [3.05, 3.63) is 36.0 Å². The number of likely N-dealkylation sites (tertiary alicyclic amines) is 1. The monoisotopic (exact) mass is 302 g/mol. The fourth-order valence-corrected chi connectivity index (χ4v) is 2.47. The van der Waals surface area contributed by atoms with Crippen LogP contribution in [0.5, 0.6) is 5.75 Å². The number of aryl methyl sites for hydroxylation is 1. The molecule has 0 atom stereocenters. The molecule has 1 aliphatic heterocycles. The number of benzene rings is 1. The van der Waals surface area contributed by atoms with Crippen LogP contribution in [-0.2, 0) is 4.79 Å². The number of carbonyl (C=O) groups excluding carboxylic acids is 1. The lowest BCUT2D eigenvalue weighted by molar-refractivity contribution is -0.118. The van der Waals surface area contributed by atoms with Crippen molar-refractivity contribution in [3.8, 4) is 5.75 Å². The number of nitrogens with zero attached hydrogens (tertiary/aromatic N) is 3. The van der Waals surface area contributed by atoms with E-state index in [0.717, 1.165) is 13.1 Å². The topological polar surface area (TPSA) is 80.5 Å². The average molecular weight is 302 g/mol. The lowest BCUT2D eigenvalue weighted by Crippen LogP contribution is -2.48. The number of rotatable bonds is 5. The van der Waals surface area contributed by atoms with Crippen molar-refractivity contribution in [1.82, 2.24) is 15.0 Å². The fourth-order valence-electron chi connectivity index (χ4n) is 2.47.